The van der Waals surface area contributed by atoms with Gasteiger partial charge < -0.3 is 0 Å². The summed E-state index contributed by atoms with van der Waals surface area (Å²) in [5, 5.41) is 0. The molecule has 3 rings (SSSR count). The van der Waals surface area contributed by atoms with Gasteiger partial charge in [0, 0.05) is 11.1 Å². The summed E-state index contributed by atoms with van der Waals surface area (Å²) in [5.41, 5.74) is -3.56. The van der Waals surface area contributed by atoms with Crippen LogP contribution in [0.4, 0.5) is 35.1 Å². The second kappa shape index (κ2) is 6.44. The maximum Gasteiger partial charge on any atom is 0.200 e. The van der Waals surface area contributed by atoms with E-state index in [1.54, 1.807) is 0 Å². The van der Waals surface area contributed by atoms with Crippen LogP contribution in [-0.4, -0.2) is 0 Å². The molecular weight excluding hydrogens is 368 g/mol. The van der Waals surface area contributed by atoms with Crippen molar-refractivity contribution >= 4 is 0 Å². The smallest absolute Gasteiger partial charge is 0.200 e. The monoisotopic (exact) mass is 374 g/mol. The molecule has 0 aliphatic rings. The predicted octanol–water partition coefficient (Wildman–Crippen LogP) is 6.13. The van der Waals surface area contributed by atoms with Crippen molar-refractivity contribution in [2.45, 2.75) is 0 Å². The van der Waals surface area contributed by atoms with E-state index < -0.39 is 63.2 Å². The van der Waals surface area contributed by atoms with Crippen molar-refractivity contribution in [1.82, 2.24) is 0 Å². The van der Waals surface area contributed by atoms with E-state index in [-0.39, 0.29) is 11.6 Å². The Bertz CT molecular complexity index is 983. The Kier molecular flexibility index (Phi) is 4.43. The lowest BCUT2D eigenvalue weighted by atomic mass is 9.92. The first-order valence-electron chi connectivity index (χ1n) is 7.00. The van der Waals surface area contributed by atoms with Crippen LogP contribution in [0.3, 0.4) is 0 Å². The second-order valence-corrected chi connectivity index (χ2v) is 5.22. The standard InChI is InChI=1S/C18H6F8/c19-9-6-8(11-14(22)16(24)18(26)17(25)15(11)23)10(13(21)12(9)20)7-4-2-1-3-5-7/h1-6H. The lowest BCUT2D eigenvalue weighted by Crippen LogP contribution is -2.07. The van der Waals surface area contributed by atoms with E-state index in [1.165, 1.54) is 30.3 Å². The highest BCUT2D eigenvalue weighted by molar-refractivity contribution is 5.84. The molecule has 3 aromatic rings. The van der Waals surface area contributed by atoms with Gasteiger partial charge in [0.2, 0.25) is 5.82 Å². The minimum atomic E-state index is -2.42. The van der Waals surface area contributed by atoms with E-state index in [9.17, 15) is 35.1 Å². The summed E-state index contributed by atoms with van der Waals surface area (Å²) in [6, 6.07) is 6.78. The minimum absolute atomic E-state index is 0.150. The quantitative estimate of drug-likeness (QED) is 0.287. The number of benzene rings is 3. The van der Waals surface area contributed by atoms with Crippen molar-refractivity contribution in [3.63, 3.8) is 0 Å². The van der Waals surface area contributed by atoms with Crippen molar-refractivity contribution in [1.29, 1.82) is 0 Å². The third-order valence-corrected chi connectivity index (χ3v) is 3.70. The molecule has 0 radical (unpaired) electrons. The highest BCUT2D eigenvalue weighted by atomic mass is 19.2. The lowest BCUT2D eigenvalue weighted by molar-refractivity contribution is 0.381. The average Bonchev–Trinajstić information content (AvgIpc) is 2.64. The van der Waals surface area contributed by atoms with Gasteiger partial charge in [-0.15, -0.1) is 0 Å². The van der Waals surface area contributed by atoms with E-state index in [1.807, 2.05) is 0 Å². The van der Waals surface area contributed by atoms with Crippen molar-refractivity contribution < 1.29 is 35.1 Å². The molecule has 0 unspecified atom stereocenters. The van der Waals surface area contributed by atoms with Gasteiger partial charge in [0.15, 0.2) is 40.7 Å². The molecule has 26 heavy (non-hydrogen) atoms. The van der Waals surface area contributed by atoms with Gasteiger partial charge in [-0.05, 0) is 11.6 Å². The fraction of sp³-hybridized carbons (Fsp3) is 0. The van der Waals surface area contributed by atoms with Crippen LogP contribution in [0.2, 0.25) is 0 Å². The summed E-state index contributed by atoms with van der Waals surface area (Å²) >= 11 is 0. The minimum Gasteiger partial charge on any atom is -0.204 e. The van der Waals surface area contributed by atoms with Crippen LogP contribution < -0.4 is 0 Å². The third-order valence-electron chi connectivity index (χ3n) is 3.70. The molecule has 134 valence electrons. The molecule has 0 aliphatic carbocycles. The lowest BCUT2D eigenvalue weighted by Gasteiger charge is -2.15. The molecule has 0 spiro atoms. The first kappa shape index (κ1) is 17.9. The summed E-state index contributed by atoms with van der Waals surface area (Å²) in [6.07, 6.45) is 0. The molecule has 0 N–H and O–H groups in total. The second-order valence-electron chi connectivity index (χ2n) is 5.22. The number of hydrogen-bond acceptors (Lipinski definition) is 0. The molecule has 0 aliphatic heterocycles. The van der Waals surface area contributed by atoms with Gasteiger partial charge in [-0.25, -0.2) is 35.1 Å². The first-order chi connectivity index (χ1) is 12.3. The molecule has 3 aromatic carbocycles. The first-order valence-corrected chi connectivity index (χ1v) is 7.00. The van der Waals surface area contributed by atoms with Gasteiger partial charge in [0.25, 0.3) is 0 Å². The largest absolute Gasteiger partial charge is 0.204 e. The third kappa shape index (κ3) is 2.61. The van der Waals surface area contributed by atoms with Gasteiger partial charge in [-0.2, -0.15) is 0 Å². The molecule has 8 heteroatoms. The predicted molar refractivity (Wildman–Crippen MR) is 77.0 cm³/mol. The van der Waals surface area contributed by atoms with E-state index in [2.05, 4.69) is 0 Å². The van der Waals surface area contributed by atoms with Crippen LogP contribution in [0.15, 0.2) is 36.4 Å². The summed E-state index contributed by atoms with van der Waals surface area (Å²) in [7, 11) is 0. The highest BCUT2D eigenvalue weighted by Crippen LogP contribution is 2.40. The van der Waals surface area contributed by atoms with Gasteiger partial charge in [0.05, 0.1) is 5.56 Å². The van der Waals surface area contributed by atoms with Crippen molar-refractivity contribution in [3.8, 4) is 22.3 Å². The van der Waals surface area contributed by atoms with E-state index in [0.717, 1.165) is 0 Å². The van der Waals surface area contributed by atoms with E-state index >= 15 is 0 Å². The van der Waals surface area contributed by atoms with Gasteiger partial charge in [-0.3, -0.25) is 0 Å². The van der Waals surface area contributed by atoms with Gasteiger partial charge in [-0.1, -0.05) is 30.3 Å². The Hall–Kier alpha value is -2.90. The summed E-state index contributed by atoms with van der Waals surface area (Å²) in [5.74, 6) is -17.2. The van der Waals surface area contributed by atoms with Crippen LogP contribution in [0.25, 0.3) is 22.3 Å². The zero-order chi connectivity index (χ0) is 19.2. The van der Waals surface area contributed by atoms with Crippen LogP contribution in [-0.2, 0) is 0 Å². The van der Waals surface area contributed by atoms with Crippen LogP contribution >= 0.6 is 0 Å². The molecule has 0 atom stereocenters. The molecule has 0 heterocycles. The van der Waals surface area contributed by atoms with Gasteiger partial charge >= 0.3 is 0 Å². The molecule has 0 nitrogen and oxygen atoms in total. The molecular formula is C18H6F8. The Morgan fingerprint density at radius 2 is 0.923 bits per heavy atom. The Morgan fingerprint density at radius 3 is 1.46 bits per heavy atom. The molecule has 0 amide bonds. The summed E-state index contributed by atoms with van der Waals surface area (Å²) < 4.78 is 110. The summed E-state index contributed by atoms with van der Waals surface area (Å²) in [4.78, 5) is 0. The number of hydrogen-bond donors (Lipinski definition) is 0. The zero-order valence-electron chi connectivity index (χ0n) is 12.5. The van der Waals surface area contributed by atoms with E-state index in [0.29, 0.717) is 0 Å². The number of rotatable bonds is 2. The fourth-order valence-electron chi connectivity index (χ4n) is 2.52. The molecule has 0 aromatic heterocycles. The zero-order valence-corrected chi connectivity index (χ0v) is 12.5. The molecule has 0 bridgehead atoms. The van der Waals surface area contributed by atoms with Crippen molar-refractivity contribution in [2.24, 2.45) is 0 Å². The Balaban J connectivity index is 2.49. The maximum atomic E-state index is 14.3. The SMILES string of the molecule is Fc1cc(-c2c(F)c(F)c(F)c(F)c2F)c(-c2ccccc2)c(F)c1F. The number of halogens is 8. The molecule has 0 saturated heterocycles. The van der Waals surface area contributed by atoms with Crippen LogP contribution in [0, 0.1) is 46.5 Å². The van der Waals surface area contributed by atoms with Crippen LogP contribution in [0.5, 0.6) is 0 Å². The van der Waals surface area contributed by atoms with Crippen molar-refractivity contribution in [2.75, 3.05) is 0 Å². The van der Waals surface area contributed by atoms with Gasteiger partial charge in [0.1, 0.15) is 0 Å². The topological polar surface area (TPSA) is 0 Å². The van der Waals surface area contributed by atoms with Crippen molar-refractivity contribution in [3.05, 3.63) is 82.9 Å². The average molecular weight is 374 g/mol. The summed E-state index contributed by atoms with van der Waals surface area (Å²) in [6.45, 7) is 0. The highest BCUT2D eigenvalue weighted by Gasteiger charge is 2.30. The Morgan fingerprint density at radius 1 is 0.462 bits per heavy atom. The normalized spacial score (nSPS) is 11.1. The molecule has 0 fully saturated rings. The van der Waals surface area contributed by atoms with Crippen LogP contribution in [0.1, 0.15) is 0 Å². The maximum absolute atomic E-state index is 14.3. The fourth-order valence-corrected chi connectivity index (χ4v) is 2.52. The Labute approximate surface area is 141 Å². The molecule has 0 saturated carbocycles. The van der Waals surface area contributed by atoms with E-state index in [4.69, 9.17) is 0 Å².